The molecule has 0 radical (unpaired) electrons. The van der Waals surface area contributed by atoms with Gasteiger partial charge in [-0.1, -0.05) is 26.7 Å². The van der Waals surface area contributed by atoms with Crippen molar-refractivity contribution in [3.05, 3.63) is 0 Å². The van der Waals surface area contributed by atoms with Crippen LogP contribution in [0.4, 0.5) is 0 Å². The van der Waals surface area contributed by atoms with Gasteiger partial charge in [-0.25, -0.2) is 0 Å². The minimum absolute atomic E-state index is 0.236. The van der Waals surface area contributed by atoms with E-state index in [0.29, 0.717) is 0 Å². The maximum absolute atomic E-state index is 5.30. The first-order valence-corrected chi connectivity index (χ1v) is 4.32. The summed E-state index contributed by atoms with van der Waals surface area (Å²) in [6.07, 6.45) is 5.21. The molecule has 1 heteroatoms. The van der Waals surface area contributed by atoms with E-state index in [0.717, 1.165) is 0 Å². The smallest absolute Gasteiger partial charge is 0.0650 e. The lowest BCUT2D eigenvalue weighted by Gasteiger charge is -2.20. The van der Waals surface area contributed by atoms with Gasteiger partial charge in [0.25, 0.3) is 0 Å². The largest absolute Gasteiger partial charge is 0.379 e. The molecule has 0 N–H and O–H groups in total. The summed E-state index contributed by atoms with van der Waals surface area (Å²) < 4.78 is 5.30. The summed E-state index contributed by atoms with van der Waals surface area (Å²) >= 11 is 0. The number of ether oxygens (including phenoxy) is 1. The van der Waals surface area contributed by atoms with Gasteiger partial charge in [0.2, 0.25) is 0 Å². The van der Waals surface area contributed by atoms with Crippen LogP contribution in [0.5, 0.6) is 0 Å². The van der Waals surface area contributed by atoms with Crippen molar-refractivity contribution in [2.24, 2.45) is 0 Å². The van der Waals surface area contributed by atoms with Gasteiger partial charge in [-0.15, -0.1) is 0 Å². The second-order valence-corrected chi connectivity index (χ2v) is 2.86. The lowest BCUT2D eigenvalue weighted by molar-refractivity contribution is 0.0126. The molecule has 0 amide bonds. The number of hydrogen-bond acceptors (Lipinski definition) is 1. The summed E-state index contributed by atoms with van der Waals surface area (Å²) in [7, 11) is 1.81. The zero-order chi connectivity index (χ0) is 8.04. The van der Waals surface area contributed by atoms with Gasteiger partial charge in [-0.3, -0.25) is 0 Å². The maximum atomic E-state index is 5.30. The first-order valence-electron chi connectivity index (χ1n) is 4.32. The van der Waals surface area contributed by atoms with Gasteiger partial charge < -0.3 is 4.74 Å². The van der Waals surface area contributed by atoms with Crippen LogP contribution in [0.2, 0.25) is 0 Å². The van der Waals surface area contributed by atoms with Crippen LogP contribution in [0.3, 0.4) is 0 Å². The Hall–Kier alpha value is -0.0400. The molecule has 0 bridgehead atoms. The Kier molecular flexibility index (Phi) is 4.71. The molecule has 1 saturated carbocycles. The highest BCUT2D eigenvalue weighted by atomic mass is 16.5. The van der Waals surface area contributed by atoms with E-state index in [1.807, 2.05) is 21.0 Å². The van der Waals surface area contributed by atoms with E-state index in [1.165, 1.54) is 25.7 Å². The molecule has 0 saturated heterocycles. The molecule has 10 heavy (non-hydrogen) atoms. The lowest BCUT2D eigenvalue weighted by Crippen LogP contribution is -2.21. The fourth-order valence-corrected chi connectivity index (χ4v) is 1.33. The number of hydrogen-bond donors (Lipinski definition) is 0. The van der Waals surface area contributed by atoms with Crippen molar-refractivity contribution in [3.8, 4) is 0 Å². The third-order valence-corrected chi connectivity index (χ3v) is 2.15. The molecule has 0 aromatic rings. The van der Waals surface area contributed by atoms with Gasteiger partial charge in [-0.2, -0.15) is 0 Å². The molecule has 0 aliphatic heterocycles. The van der Waals surface area contributed by atoms with Crippen LogP contribution < -0.4 is 0 Å². The van der Waals surface area contributed by atoms with Crippen molar-refractivity contribution in [2.45, 2.75) is 52.1 Å². The Morgan fingerprint density at radius 2 is 1.50 bits per heavy atom. The van der Waals surface area contributed by atoms with Gasteiger partial charge in [0, 0.05) is 7.11 Å². The van der Waals surface area contributed by atoms with E-state index in [4.69, 9.17) is 4.74 Å². The third kappa shape index (κ3) is 2.70. The van der Waals surface area contributed by atoms with Gasteiger partial charge in [0.05, 0.1) is 5.60 Å². The van der Waals surface area contributed by atoms with Crippen LogP contribution in [0.1, 0.15) is 46.5 Å². The average Bonchev–Trinajstić information content (AvgIpc) is 2.42. The fourth-order valence-electron chi connectivity index (χ4n) is 1.33. The summed E-state index contributed by atoms with van der Waals surface area (Å²) in [5.41, 5.74) is 0.236. The maximum Gasteiger partial charge on any atom is 0.0650 e. The average molecular weight is 144 g/mol. The monoisotopic (exact) mass is 144 g/mol. The standard InChI is InChI=1S/C7H14O.C2H6/c1-7(8-2)5-3-4-6-7;1-2/h3-6H2,1-2H3;1-2H3. The molecule has 0 aromatic carbocycles. The molecule has 0 unspecified atom stereocenters. The molecule has 1 rings (SSSR count). The van der Waals surface area contributed by atoms with Crippen LogP contribution in [0, 0.1) is 0 Å². The summed E-state index contributed by atoms with van der Waals surface area (Å²) in [6.45, 7) is 6.19. The van der Waals surface area contributed by atoms with Crippen LogP contribution >= 0.6 is 0 Å². The number of rotatable bonds is 1. The highest BCUT2D eigenvalue weighted by molar-refractivity contribution is 4.80. The van der Waals surface area contributed by atoms with Crippen molar-refractivity contribution >= 4 is 0 Å². The fraction of sp³-hybridized carbons (Fsp3) is 1.00. The molecular weight excluding hydrogens is 124 g/mol. The van der Waals surface area contributed by atoms with Crippen molar-refractivity contribution in [1.82, 2.24) is 0 Å². The van der Waals surface area contributed by atoms with Crippen LogP contribution in [-0.2, 0) is 4.74 Å². The molecule has 62 valence electrons. The van der Waals surface area contributed by atoms with Gasteiger partial charge in [-0.05, 0) is 19.8 Å². The minimum Gasteiger partial charge on any atom is -0.379 e. The second-order valence-electron chi connectivity index (χ2n) is 2.86. The van der Waals surface area contributed by atoms with Gasteiger partial charge >= 0.3 is 0 Å². The van der Waals surface area contributed by atoms with Crippen LogP contribution in [0.25, 0.3) is 0 Å². The summed E-state index contributed by atoms with van der Waals surface area (Å²) in [4.78, 5) is 0. The first-order chi connectivity index (χ1) is 4.77. The van der Waals surface area contributed by atoms with E-state index >= 15 is 0 Å². The minimum atomic E-state index is 0.236. The summed E-state index contributed by atoms with van der Waals surface area (Å²) in [5.74, 6) is 0. The molecule has 1 aliphatic rings. The Morgan fingerprint density at radius 3 is 1.70 bits per heavy atom. The Labute approximate surface area is 64.8 Å². The molecule has 1 aliphatic carbocycles. The summed E-state index contributed by atoms with van der Waals surface area (Å²) in [5, 5.41) is 0. The van der Waals surface area contributed by atoms with E-state index in [2.05, 4.69) is 6.92 Å². The van der Waals surface area contributed by atoms with Crippen molar-refractivity contribution in [1.29, 1.82) is 0 Å². The van der Waals surface area contributed by atoms with E-state index in [1.54, 1.807) is 0 Å². The Bertz CT molecular complexity index is 72.8. The van der Waals surface area contributed by atoms with Gasteiger partial charge in [0.1, 0.15) is 0 Å². The summed E-state index contributed by atoms with van der Waals surface area (Å²) in [6, 6.07) is 0. The highest BCUT2D eigenvalue weighted by Gasteiger charge is 2.27. The van der Waals surface area contributed by atoms with Crippen molar-refractivity contribution in [2.75, 3.05) is 7.11 Å². The second kappa shape index (κ2) is 4.73. The molecular formula is C9H20O. The SMILES string of the molecule is CC.COC1(C)CCCC1. The molecule has 0 heterocycles. The predicted octanol–water partition coefficient (Wildman–Crippen LogP) is 2.99. The molecule has 1 fully saturated rings. The molecule has 0 spiro atoms. The van der Waals surface area contributed by atoms with Gasteiger partial charge in [0.15, 0.2) is 0 Å². The normalized spacial score (nSPS) is 21.6. The Morgan fingerprint density at radius 1 is 1.10 bits per heavy atom. The van der Waals surface area contributed by atoms with Crippen molar-refractivity contribution in [3.63, 3.8) is 0 Å². The molecule has 0 atom stereocenters. The first kappa shape index (κ1) is 9.96. The topological polar surface area (TPSA) is 9.23 Å². The Balaban J connectivity index is 0.000000371. The quantitative estimate of drug-likeness (QED) is 0.549. The molecule has 0 aromatic heterocycles. The lowest BCUT2D eigenvalue weighted by atomic mass is 10.1. The van der Waals surface area contributed by atoms with E-state index in [9.17, 15) is 0 Å². The highest BCUT2D eigenvalue weighted by Crippen LogP contribution is 2.31. The third-order valence-electron chi connectivity index (χ3n) is 2.15. The van der Waals surface area contributed by atoms with Crippen LogP contribution in [0.15, 0.2) is 0 Å². The number of methoxy groups -OCH3 is 1. The van der Waals surface area contributed by atoms with E-state index in [-0.39, 0.29) is 5.60 Å². The zero-order valence-electron chi connectivity index (χ0n) is 7.74. The molecule has 1 nitrogen and oxygen atoms in total. The van der Waals surface area contributed by atoms with Crippen LogP contribution in [-0.4, -0.2) is 12.7 Å². The van der Waals surface area contributed by atoms with E-state index < -0.39 is 0 Å². The zero-order valence-corrected chi connectivity index (χ0v) is 7.74. The predicted molar refractivity (Wildman–Crippen MR) is 45.2 cm³/mol. The van der Waals surface area contributed by atoms with Crippen molar-refractivity contribution < 1.29 is 4.74 Å².